The molecule has 1 aliphatic heterocycles. The van der Waals surface area contributed by atoms with Gasteiger partial charge in [-0.3, -0.25) is 0 Å². The normalized spacial score (nSPS) is 23.5. The minimum absolute atomic E-state index is 0.263. The van der Waals surface area contributed by atoms with Crippen LogP contribution in [0.3, 0.4) is 0 Å². The highest BCUT2D eigenvalue weighted by atomic mass is 16.4. The van der Waals surface area contributed by atoms with E-state index < -0.39 is 0 Å². The van der Waals surface area contributed by atoms with Crippen molar-refractivity contribution in [2.45, 2.75) is 45.1 Å². The third-order valence-electron chi connectivity index (χ3n) is 3.68. The lowest BCUT2D eigenvalue weighted by Gasteiger charge is -2.19. The van der Waals surface area contributed by atoms with E-state index >= 15 is 0 Å². The van der Waals surface area contributed by atoms with Gasteiger partial charge in [-0.1, -0.05) is 6.92 Å². The Morgan fingerprint density at radius 2 is 2.29 bits per heavy atom. The molecule has 2 heterocycles. The van der Waals surface area contributed by atoms with Crippen molar-refractivity contribution >= 4 is 0 Å². The predicted octanol–water partition coefficient (Wildman–Crippen LogP) is 1.93. The molecule has 1 aromatic rings. The summed E-state index contributed by atoms with van der Waals surface area (Å²) in [4.78, 5) is 6.89. The van der Waals surface area contributed by atoms with Gasteiger partial charge >= 0.3 is 0 Å². The summed E-state index contributed by atoms with van der Waals surface area (Å²) < 4.78 is 5.83. The van der Waals surface area contributed by atoms with Gasteiger partial charge in [0.15, 0.2) is 5.89 Å². The molecule has 0 radical (unpaired) electrons. The second kappa shape index (κ2) is 5.19. The minimum atomic E-state index is 0.263. The maximum Gasteiger partial charge on any atom is 0.198 e. The van der Waals surface area contributed by atoms with E-state index in [1.54, 1.807) is 0 Å². The summed E-state index contributed by atoms with van der Waals surface area (Å²) in [6.07, 6.45) is 2.99. The molecular formula is C13H23N3O. The van der Waals surface area contributed by atoms with Gasteiger partial charge in [0.05, 0.1) is 6.20 Å². The molecule has 1 aromatic heterocycles. The third kappa shape index (κ3) is 2.69. The fourth-order valence-electron chi connectivity index (χ4n) is 2.29. The molecule has 2 atom stereocenters. The first kappa shape index (κ1) is 12.6. The fourth-order valence-corrected chi connectivity index (χ4v) is 2.29. The van der Waals surface area contributed by atoms with Crippen LogP contribution in [0.15, 0.2) is 10.6 Å². The van der Waals surface area contributed by atoms with Gasteiger partial charge < -0.3 is 15.1 Å². The van der Waals surface area contributed by atoms with Crippen LogP contribution in [0.5, 0.6) is 0 Å². The zero-order valence-electron chi connectivity index (χ0n) is 11.0. The summed E-state index contributed by atoms with van der Waals surface area (Å²) in [6.45, 7) is 9.36. The van der Waals surface area contributed by atoms with Gasteiger partial charge in [0.25, 0.3) is 0 Å². The number of hydrogen-bond donors (Lipinski definition) is 1. The quantitative estimate of drug-likeness (QED) is 0.869. The minimum Gasteiger partial charge on any atom is -0.445 e. The van der Waals surface area contributed by atoms with E-state index in [1.165, 1.54) is 0 Å². The smallest absolute Gasteiger partial charge is 0.198 e. The largest absolute Gasteiger partial charge is 0.445 e. The van der Waals surface area contributed by atoms with E-state index in [2.05, 4.69) is 30.7 Å². The van der Waals surface area contributed by atoms with Gasteiger partial charge in [-0.2, -0.15) is 0 Å². The number of rotatable bonds is 4. The second-order valence-electron chi connectivity index (χ2n) is 5.31. The molecule has 0 spiro atoms. The van der Waals surface area contributed by atoms with E-state index in [4.69, 9.17) is 10.2 Å². The summed E-state index contributed by atoms with van der Waals surface area (Å²) in [5, 5.41) is 0. The summed E-state index contributed by atoms with van der Waals surface area (Å²) in [5.41, 5.74) is 5.63. The van der Waals surface area contributed by atoms with E-state index in [0.717, 1.165) is 31.2 Å². The first-order valence-corrected chi connectivity index (χ1v) is 6.51. The van der Waals surface area contributed by atoms with Crippen LogP contribution < -0.4 is 5.73 Å². The third-order valence-corrected chi connectivity index (χ3v) is 3.68. The molecule has 0 bridgehead atoms. The van der Waals surface area contributed by atoms with Crippen LogP contribution in [0.4, 0.5) is 0 Å². The molecule has 2 N–H and O–H groups in total. The zero-order chi connectivity index (χ0) is 12.4. The molecular weight excluding hydrogens is 214 g/mol. The van der Waals surface area contributed by atoms with Gasteiger partial charge in [-0.25, -0.2) is 4.98 Å². The van der Waals surface area contributed by atoms with Crippen molar-refractivity contribution in [3.8, 4) is 0 Å². The number of oxazole rings is 1. The Labute approximate surface area is 103 Å². The molecule has 4 heteroatoms. The van der Waals surface area contributed by atoms with E-state index in [9.17, 15) is 0 Å². The van der Waals surface area contributed by atoms with Crippen LogP contribution in [-0.4, -0.2) is 35.6 Å². The van der Waals surface area contributed by atoms with Crippen LogP contribution in [0, 0.1) is 0 Å². The Kier molecular flexibility index (Phi) is 3.84. The van der Waals surface area contributed by atoms with E-state index in [0.29, 0.717) is 18.5 Å². The Morgan fingerprint density at radius 1 is 1.53 bits per heavy atom. The number of aromatic nitrogens is 1. The lowest BCUT2D eigenvalue weighted by atomic mass is 10.1. The molecule has 1 fully saturated rings. The zero-order valence-corrected chi connectivity index (χ0v) is 11.0. The molecule has 2 rings (SSSR count). The van der Waals surface area contributed by atoms with Gasteiger partial charge in [0.2, 0.25) is 0 Å². The summed E-state index contributed by atoms with van der Waals surface area (Å²) in [6, 6.07) is 0.609. The van der Waals surface area contributed by atoms with E-state index in [1.807, 2.05) is 6.20 Å². The molecule has 0 saturated carbocycles. The van der Waals surface area contributed by atoms with Crippen molar-refractivity contribution in [1.29, 1.82) is 0 Å². The van der Waals surface area contributed by atoms with Gasteiger partial charge in [0.1, 0.15) is 5.76 Å². The molecule has 1 aliphatic rings. The van der Waals surface area contributed by atoms with Crippen molar-refractivity contribution in [2.24, 2.45) is 5.73 Å². The van der Waals surface area contributed by atoms with E-state index in [-0.39, 0.29) is 5.92 Å². The van der Waals surface area contributed by atoms with Crippen molar-refractivity contribution in [2.75, 3.05) is 19.6 Å². The predicted molar refractivity (Wildman–Crippen MR) is 68.0 cm³/mol. The maximum absolute atomic E-state index is 5.83. The number of likely N-dealkylation sites (tertiary alicyclic amines) is 1. The maximum atomic E-state index is 5.83. The number of nitrogens with zero attached hydrogens (tertiary/aromatic N) is 2. The van der Waals surface area contributed by atoms with Crippen molar-refractivity contribution in [3.63, 3.8) is 0 Å². The first-order chi connectivity index (χ1) is 8.11. The summed E-state index contributed by atoms with van der Waals surface area (Å²) in [5.74, 6) is 2.53. The molecule has 0 aromatic carbocycles. The highest BCUT2D eigenvalue weighted by molar-refractivity contribution is 5.06. The first-order valence-electron chi connectivity index (χ1n) is 6.51. The summed E-state index contributed by atoms with van der Waals surface area (Å²) >= 11 is 0. The van der Waals surface area contributed by atoms with Crippen LogP contribution in [0.1, 0.15) is 50.7 Å². The average molecular weight is 237 g/mol. The molecule has 0 amide bonds. The molecule has 2 unspecified atom stereocenters. The number of hydrogen-bond acceptors (Lipinski definition) is 4. The van der Waals surface area contributed by atoms with Gasteiger partial charge in [0, 0.05) is 31.0 Å². The topological polar surface area (TPSA) is 55.3 Å². The van der Waals surface area contributed by atoms with Gasteiger partial charge in [-0.05, 0) is 26.8 Å². The lowest BCUT2D eigenvalue weighted by molar-refractivity contribution is 0.268. The molecule has 1 saturated heterocycles. The number of nitrogens with two attached hydrogens (primary N) is 1. The highest BCUT2D eigenvalue weighted by Crippen LogP contribution is 2.29. The Bertz CT molecular complexity index is 361. The van der Waals surface area contributed by atoms with Crippen molar-refractivity contribution in [1.82, 2.24) is 9.88 Å². The Balaban J connectivity index is 2.02. The molecule has 17 heavy (non-hydrogen) atoms. The monoisotopic (exact) mass is 237 g/mol. The van der Waals surface area contributed by atoms with Crippen molar-refractivity contribution < 1.29 is 4.42 Å². The molecule has 0 aliphatic carbocycles. The average Bonchev–Trinajstić information content (AvgIpc) is 2.95. The fraction of sp³-hybridized carbons (Fsp3) is 0.769. The Morgan fingerprint density at radius 3 is 2.88 bits per heavy atom. The second-order valence-corrected chi connectivity index (χ2v) is 5.31. The Hall–Kier alpha value is -0.870. The van der Waals surface area contributed by atoms with Gasteiger partial charge in [-0.15, -0.1) is 0 Å². The SMILES string of the molecule is CC(CN)c1cnc(C2CCN(C(C)C)C2)o1. The van der Waals surface area contributed by atoms with Crippen LogP contribution >= 0.6 is 0 Å². The highest BCUT2D eigenvalue weighted by Gasteiger charge is 2.29. The molecule has 4 nitrogen and oxygen atoms in total. The molecule has 96 valence electrons. The lowest BCUT2D eigenvalue weighted by Crippen LogP contribution is -2.27. The van der Waals surface area contributed by atoms with Crippen molar-refractivity contribution in [3.05, 3.63) is 17.8 Å². The van der Waals surface area contributed by atoms with Crippen LogP contribution in [0.25, 0.3) is 0 Å². The standard InChI is InChI=1S/C13H23N3O/c1-9(2)16-5-4-11(8-16)13-15-7-12(17-13)10(3)6-14/h7,9-11H,4-6,8,14H2,1-3H3. The van der Waals surface area contributed by atoms with Crippen LogP contribution in [-0.2, 0) is 0 Å². The van der Waals surface area contributed by atoms with Crippen LogP contribution in [0.2, 0.25) is 0 Å². The summed E-state index contributed by atoms with van der Waals surface area (Å²) in [7, 11) is 0.